The molecule has 29 heavy (non-hydrogen) atoms. The van der Waals surface area contributed by atoms with E-state index in [4.69, 9.17) is 11.6 Å². The summed E-state index contributed by atoms with van der Waals surface area (Å²) in [5, 5.41) is 2.81. The number of halogens is 3. The molecule has 0 radical (unpaired) electrons. The molecule has 0 unspecified atom stereocenters. The molecule has 3 heterocycles. The van der Waals surface area contributed by atoms with Crippen LogP contribution in [0.15, 0.2) is 28.5 Å². The third kappa shape index (κ3) is 4.15. The summed E-state index contributed by atoms with van der Waals surface area (Å²) in [7, 11) is -3.63. The van der Waals surface area contributed by atoms with E-state index in [1.54, 1.807) is 0 Å². The van der Waals surface area contributed by atoms with Crippen LogP contribution in [0.5, 0.6) is 0 Å². The van der Waals surface area contributed by atoms with Gasteiger partial charge in [0.15, 0.2) is 10.9 Å². The number of rotatable bonds is 4. The molecule has 2 aromatic heterocycles. The number of thiophene rings is 1. The molecule has 1 fully saturated rings. The van der Waals surface area contributed by atoms with Crippen molar-refractivity contribution in [2.75, 3.05) is 18.4 Å². The highest BCUT2D eigenvalue weighted by molar-refractivity contribution is 7.91. The molecule has 1 amide bonds. The first-order valence-electron chi connectivity index (χ1n) is 8.56. The summed E-state index contributed by atoms with van der Waals surface area (Å²) in [5.41, 5.74) is 0.00206. The van der Waals surface area contributed by atoms with Gasteiger partial charge in [0.25, 0.3) is 10.0 Å². The van der Waals surface area contributed by atoms with Crippen LogP contribution in [-0.4, -0.2) is 36.7 Å². The van der Waals surface area contributed by atoms with E-state index in [0.29, 0.717) is 21.9 Å². The summed E-state index contributed by atoms with van der Waals surface area (Å²) in [4.78, 5) is 16.5. The maximum atomic E-state index is 13.8. The van der Waals surface area contributed by atoms with Gasteiger partial charge >= 0.3 is 0 Å². The SMILES string of the molecule is O=C(Nc1nc2c(F)cc(F)cc2s1)C1CCN(S(=O)(=O)c2ccc(Cl)s2)CC1. The lowest BCUT2D eigenvalue weighted by molar-refractivity contribution is -0.120. The van der Waals surface area contributed by atoms with E-state index in [1.807, 2.05) is 0 Å². The summed E-state index contributed by atoms with van der Waals surface area (Å²) < 4.78 is 54.5. The fourth-order valence-corrected chi connectivity index (χ4v) is 7.16. The lowest BCUT2D eigenvalue weighted by Crippen LogP contribution is -2.41. The molecule has 0 spiro atoms. The fourth-order valence-electron chi connectivity index (χ4n) is 3.14. The van der Waals surface area contributed by atoms with Gasteiger partial charge in [0, 0.05) is 25.1 Å². The standard InChI is InChI=1S/C17H14ClF2N3O3S3/c18-13-1-2-14(28-13)29(25,26)23-5-3-9(4-6-23)16(24)22-17-21-15-11(20)7-10(19)8-12(15)27-17/h1-2,7-9H,3-6H2,(H,21,22,24). The molecule has 0 aliphatic carbocycles. The van der Waals surface area contributed by atoms with E-state index in [2.05, 4.69) is 10.3 Å². The van der Waals surface area contributed by atoms with Gasteiger partial charge in [-0.2, -0.15) is 4.31 Å². The van der Waals surface area contributed by atoms with Gasteiger partial charge in [-0.05, 0) is 31.0 Å². The van der Waals surface area contributed by atoms with E-state index >= 15 is 0 Å². The van der Waals surface area contributed by atoms with Crippen LogP contribution in [0.2, 0.25) is 4.34 Å². The van der Waals surface area contributed by atoms with Crippen molar-refractivity contribution in [3.63, 3.8) is 0 Å². The molecule has 1 aliphatic heterocycles. The van der Waals surface area contributed by atoms with Gasteiger partial charge in [-0.15, -0.1) is 11.3 Å². The predicted molar refractivity (Wildman–Crippen MR) is 109 cm³/mol. The topological polar surface area (TPSA) is 79.4 Å². The van der Waals surface area contributed by atoms with Crippen molar-refractivity contribution >= 4 is 65.6 Å². The van der Waals surface area contributed by atoms with Crippen LogP contribution in [-0.2, 0) is 14.8 Å². The number of amides is 1. The van der Waals surface area contributed by atoms with Crippen molar-refractivity contribution in [2.24, 2.45) is 5.92 Å². The second-order valence-corrected chi connectivity index (χ2v) is 11.4. The first kappa shape index (κ1) is 20.6. The first-order valence-corrected chi connectivity index (χ1v) is 12.0. The fraction of sp³-hybridized carbons (Fsp3) is 0.294. The van der Waals surface area contributed by atoms with Crippen LogP contribution in [0.25, 0.3) is 10.2 Å². The Morgan fingerprint density at radius 1 is 1.21 bits per heavy atom. The number of hydrogen-bond donors (Lipinski definition) is 1. The number of nitrogens with one attached hydrogen (secondary N) is 1. The van der Waals surface area contributed by atoms with E-state index in [-0.39, 0.29) is 33.9 Å². The van der Waals surface area contributed by atoms with Crippen LogP contribution in [0, 0.1) is 17.6 Å². The molecule has 0 bridgehead atoms. The highest BCUT2D eigenvalue weighted by atomic mass is 35.5. The average molecular weight is 478 g/mol. The molecule has 3 aromatic rings. The van der Waals surface area contributed by atoms with Gasteiger partial charge in [-0.3, -0.25) is 4.79 Å². The van der Waals surface area contributed by atoms with Crippen molar-refractivity contribution in [2.45, 2.75) is 17.1 Å². The first-order chi connectivity index (χ1) is 13.7. The largest absolute Gasteiger partial charge is 0.302 e. The number of anilines is 1. The number of thiazole rings is 1. The second kappa shape index (κ2) is 7.88. The number of carbonyl (C=O) groups is 1. The van der Waals surface area contributed by atoms with Crippen LogP contribution in [0.3, 0.4) is 0 Å². The van der Waals surface area contributed by atoms with Gasteiger partial charge in [-0.25, -0.2) is 22.2 Å². The highest BCUT2D eigenvalue weighted by Gasteiger charge is 2.33. The van der Waals surface area contributed by atoms with Gasteiger partial charge < -0.3 is 5.32 Å². The van der Waals surface area contributed by atoms with Gasteiger partial charge in [0.05, 0.1) is 9.04 Å². The molecular weight excluding hydrogens is 464 g/mol. The molecule has 4 rings (SSSR count). The molecule has 0 atom stereocenters. The molecule has 12 heteroatoms. The number of sulfonamides is 1. The number of fused-ring (bicyclic) bond motifs is 1. The van der Waals surface area contributed by atoms with Crippen molar-refractivity contribution in [3.8, 4) is 0 Å². The lowest BCUT2D eigenvalue weighted by Gasteiger charge is -2.29. The molecule has 1 saturated heterocycles. The second-order valence-electron chi connectivity index (χ2n) is 6.48. The Morgan fingerprint density at radius 3 is 2.59 bits per heavy atom. The Bertz CT molecular complexity index is 1190. The Kier molecular flexibility index (Phi) is 5.60. The van der Waals surface area contributed by atoms with Crippen molar-refractivity contribution < 1.29 is 22.0 Å². The zero-order valence-electron chi connectivity index (χ0n) is 14.7. The molecule has 1 N–H and O–H groups in total. The maximum Gasteiger partial charge on any atom is 0.252 e. The van der Waals surface area contributed by atoms with E-state index < -0.39 is 27.6 Å². The monoisotopic (exact) mass is 477 g/mol. The lowest BCUT2D eigenvalue weighted by atomic mass is 9.97. The Balaban J connectivity index is 1.41. The van der Waals surface area contributed by atoms with E-state index in [1.165, 1.54) is 16.4 Å². The molecule has 6 nitrogen and oxygen atoms in total. The van der Waals surface area contributed by atoms with Crippen LogP contribution in [0.4, 0.5) is 13.9 Å². The van der Waals surface area contributed by atoms with Crippen molar-refractivity contribution in [1.82, 2.24) is 9.29 Å². The molecule has 1 aliphatic rings. The Morgan fingerprint density at radius 2 is 1.93 bits per heavy atom. The van der Waals surface area contributed by atoms with Crippen LogP contribution < -0.4 is 5.32 Å². The van der Waals surface area contributed by atoms with Crippen molar-refractivity contribution in [3.05, 3.63) is 40.2 Å². The smallest absolute Gasteiger partial charge is 0.252 e. The highest BCUT2D eigenvalue weighted by Crippen LogP contribution is 2.32. The zero-order chi connectivity index (χ0) is 20.8. The minimum atomic E-state index is -3.63. The summed E-state index contributed by atoms with van der Waals surface area (Å²) in [6.07, 6.45) is 0.691. The number of hydrogen-bond acceptors (Lipinski definition) is 6. The molecule has 154 valence electrons. The van der Waals surface area contributed by atoms with Crippen LogP contribution in [0.1, 0.15) is 12.8 Å². The summed E-state index contributed by atoms with van der Waals surface area (Å²) in [5.74, 6) is -2.22. The number of nitrogens with zero attached hydrogens (tertiary/aromatic N) is 2. The minimum Gasteiger partial charge on any atom is -0.302 e. The third-order valence-corrected chi connectivity index (χ3v) is 9.13. The predicted octanol–water partition coefficient (Wildman–Crippen LogP) is 4.33. The average Bonchev–Trinajstić information content (AvgIpc) is 3.28. The van der Waals surface area contributed by atoms with E-state index in [0.717, 1.165) is 34.8 Å². The summed E-state index contributed by atoms with van der Waals surface area (Å²) >= 11 is 7.80. The van der Waals surface area contributed by atoms with Gasteiger partial charge in [0.2, 0.25) is 5.91 Å². The third-order valence-electron chi connectivity index (χ3n) is 4.61. The molecular formula is C17H14ClF2N3O3S3. The van der Waals surface area contributed by atoms with Gasteiger partial charge in [-0.1, -0.05) is 22.9 Å². The molecule has 1 aromatic carbocycles. The summed E-state index contributed by atoms with van der Waals surface area (Å²) in [6.45, 7) is 0.408. The maximum absolute atomic E-state index is 13.8. The zero-order valence-corrected chi connectivity index (χ0v) is 17.9. The normalized spacial score (nSPS) is 16.4. The molecule has 0 saturated carbocycles. The number of aromatic nitrogens is 1. The van der Waals surface area contributed by atoms with E-state index in [9.17, 15) is 22.0 Å². The number of benzene rings is 1. The van der Waals surface area contributed by atoms with Crippen molar-refractivity contribution in [1.29, 1.82) is 0 Å². The number of carbonyl (C=O) groups excluding carboxylic acids is 1. The van der Waals surface area contributed by atoms with Crippen LogP contribution >= 0.6 is 34.3 Å². The Hall–Kier alpha value is -1.66. The Labute approximate surface area is 178 Å². The number of piperidine rings is 1. The van der Waals surface area contributed by atoms with Gasteiger partial charge in [0.1, 0.15) is 15.5 Å². The summed E-state index contributed by atoms with van der Waals surface area (Å²) in [6, 6.07) is 4.90. The minimum absolute atomic E-state index is 0.00206. The quantitative estimate of drug-likeness (QED) is 0.606.